The first-order valence-electron chi connectivity index (χ1n) is 10.3. The van der Waals surface area contributed by atoms with Crippen molar-refractivity contribution >= 4 is 51.5 Å². The first kappa shape index (κ1) is 27.5. The second-order valence-electron chi connectivity index (χ2n) is 8.45. The molecule has 1 N–H and O–H groups in total. The van der Waals surface area contributed by atoms with E-state index in [2.05, 4.69) is 38.8 Å². The Bertz CT molecular complexity index is 808. The number of rotatable bonds is 8. The second-order valence-corrected chi connectivity index (χ2v) is 12.0. The first-order chi connectivity index (χ1) is 13.6. The molecule has 1 aromatic heterocycles. The van der Waals surface area contributed by atoms with Crippen LogP contribution in [0.4, 0.5) is 0 Å². The third-order valence-corrected chi connectivity index (χ3v) is 8.22. The van der Waals surface area contributed by atoms with E-state index in [0.29, 0.717) is 25.6 Å². The molecule has 0 bridgehead atoms. The van der Waals surface area contributed by atoms with Crippen LogP contribution in [0.3, 0.4) is 0 Å². The van der Waals surface area contributed by atoms with Crippen LogP contribution < -0.4 is 5.32 Å². The van der Waals surface area contributed by atoms with Crippen LogP contribution in [0, 0.1) is 5.92 Å². The van der Waals surface area contributed by atoms with Gasteiger partial charge in [0.25, 0.3) is 0 Å². The molecule has 0 aliphatic carbocycles. The largest absolute Gasteiger partial charge is 0.357 e. The summed E-state index contributed by atoms with van der Waals surface area (Å²) in [6.45, 7) is 13.3. The summed E-state index contributed by atoms with van der Waals surface area (Å²) in [5, 5.41) is 12.9. The van der Waals surface area contributed by atoms with Gasteiger partial charge in [0.2, 0.25) is 0 Å². The summed E-state index contributed by atoms with van der Waals surface area (Å²) in [7, 11) is -3.06. The molecule has 0 atom stereocenters. The molecule has 1 aromatic rings. The molecule has 1 fully saturated rings. The topological polar surface area (TPSA) is 92.5 Å². The van der Waals surface area contributed by atoms with E-state index in [1.807, 2.05) is 13.2 Å². The van der Waals surface area contributed by atoms with Gasteiger partial charge < -0.3 is 14.8 Å². The minimum atomic E-state index is -3.06. The summed E-state index contributed by atoms with van der Waals surface area (Å²) in [5.74, 6) is 2.50. The summed E-state index contributed by atoms with van der Waals surface area (Å²) in [5.41, 5.74) is 0. The molecule has 0 spiro atoms. The van der Waals surface area contributed by atoms with Crippen molar-refractivity contribution in [3.05, 3.63) is 5.82 Å². The number of aromatic nitrogens is 3. The van der Waals surface area contributed by atoms with Gasteiger partial charge >= 0.3 is 0 Å². The third-order valence-electron chi connectivity index (χ3n) is 5.02. The zero-order valence-electron chi connectivity index (χ0n) is 19.0. The van der Waals surface area contributed by atoms with Crippen molar-refractivity contribution in [3.8, 4) is 0 Å². The van der Waals surface area contributed by atoms with Crippen LogP contribution in [0.1, 0.15) is 46.9 Å². The molecule has 0 amide bonds. The number of nitrogens with zero attached hydrogens (tertiary/aromatic N) is 5. The SMILES string of the molecule is CCNC(=NCCCc1nnc(SC)n1CC(C)C)N1CCS(=O)(=O)C(C)(C)C1.I. The summed E-state index contributed by atoms with van der Waals surface area (Å²) >= 11 is 1.62. The highest BCUT2D eigenvalue weighted by Crippen LogP contribution is 2.23. The second kappa shape index (κ2) is 11.9. The maximum atomic E-state index is 12.3. The Hall–Kier alpha value is -0.560. The lowest BCUT2D eigenvalue weighted by Crippen LogP contribution is -2.57. The van der Waals surface area contributed by atoms with Gasteiger partial charge in [-0.25, -0.2) is 8.42 Å². The van der Waals surface area contributed by atoms with Crippen molar-refractivity contribution in [2.24, 2.45) is 10.9 Å². The van der Waals surface area contributed by atoms with Gasteiger partial charge in [-0.3, -0.25) is 4.99 Å². The average molecular weight is 573 g/mol. The molecule has 2 rings (SSSR count). The van der Waals surface area contributed by atoms with Crippen molar-refractivity contribution in [3.63, 3.8) is 0 Å². The van der Waals surface area contributed by atoms with Crippen molar-refractivity contribution < 1.29 is 8.42 Å². The highest BCUT2D eigenvalue weighted by Gasteiger charge is 2.40. The van der Waals surface area contributed by atoms with E-state index in [1.165, 1.54) is 0 Å². The number of guanidine groups is 1. The molecular formula is C19H37IN6O2S2. The lowest BCUT2D eigenvalue weighted by atomic mass is 10.2. The Labute approximate surface area is 203 Å². The molecule has 1 saturated heterocycles. The molecule has 0 unspecified atom stereocenters. The Kier molecular flexibility index (Phi) is 10.9. The molecule has 1 aliphatic heterocycles. The third kappa shape index (κ3) is 6.98. The molecule has 8 nitrogen and oxygen atoms in total. The summed E-state index contributed by atoms with van der Waals surface area (Å²) in [6.07, 6.45) is 3.72. The van der Waals surface area contributed by atoms with Crippen LogP contribution in [0.5, 0.6) is 0 Å². The summed E-state index contributed by atoms with van der Waals surface area (Å²) in [4.78, 5) is 6.82. The highest BCUT2D eigenvalue weighted by molar-refractivity contribution is 14.0. The number of sulfone groups is 1. The molecule has 30 heavy (non-hydrogen) atoms. The maximum absolute atomic E-state index is 12.3. The number of aliphatic imine (C=N–C) groups is 1. The number of aryl methyl sites for hydroxylation is 1. The van der Waals surface area contributed by atoms with Gasteiger partial charge in [-0.1, -0.05) is 25.6 Å². The van der Waals surface area contributed by atoms with Crippen molar-refractivity contribution in [1.82, 2.24) is 25.0 Å². The zero-order valence-corrected chi connectivity index (χ0v) is 23.0. The van der Waals surface area contributed by atoms with Gasteiger partial charge in [0.15, 0.2) is 21.0 Å². The number of hydrogen-bond acceptors (Lipinski definition) is 6. The van der Waals surface area contributed by atoms with Crippen LogP contribution in [0.15, 0.2) is 10.1 Å². The van der Waals surface area contributed by atoms with Gasteiger partial charge in [-0.2, -0.15) is 0 Å². The monoisotopic (exact) mass is 572 g/mol. The molecular weight excluding hydrogens is 535 g/mol. The van der Waals surface area contributed by atoms with E-state index in [9.17, 15) is 8.42 Å². The predicted molar refractivity (Wildman–Crippen MR) is 136 cm³/mol. The molecule has 11 heteroatoms. The maximum Gasteiger partial charge on any atom is 0.193 e. The quantitative estimate of drug-likeness (QED) is 0.168. The average Bonchev–Trinajstić information content (AvgIpc) is 3.01. The Morgan fingerprint density at radius 2 is 2.03 bits per heavy atom. The summed E-state index contributed by atoms with van der Waals surface area (Å²) < 4.78 is 26.0. The number of nitrogens with one attached hydrogen (secondary N) is 1. The molecule has 0 saturated carbocycles. The minimum Gasteiger partial charge on any atom is -0.357 e. The molecule has 0 aromatic carbocycles. The number of thioether (sulfide) groups is 1. The van der Waals surface area contributed by atoms with Crippen LogP contribution in [-0.4, -0.2) is 77.0 Å². The lowest BCUT2D eigenvalue weighted by Gasteiger charge is -2.39. The normalized spacial score (nSPS) is 18.4. The fourth-order valence-electron chi connectivity index (χ4n) is 3.38. The smallest absolute Gasteiger partial charge is 0.193 e. The van der Waals surface area contributed by atoms with Crippen molar-refractivity contribution in [2.75, 3.05) is 38.2 Å². The lowest BCUT2D eigenvalue weighted by molar-refractivity contribution is 0.353. The Balaban J connectivity index is 0.00000450. The first-order valence-corrected chi connectivity index (χ1v) is 13.2. The highest BCUT2D eigenvalue weighted by atomic mass is 127. The van der Waals surface area contributed by atoms with Gasteiger partial charge in [0.05, 0.1) is 10.5 Å². The fourth-order valence-corrected chi connectivity index (χ4v) is 5.26. The molecule has 174 valence electrons. The van der Waals surface area contributed by atoms with E-state index >= 15 is 0 Å². The fraction of sp³-hybridized carbons (Fsp3) is 0.842. The zero-order chi connectivity index (χ0) is 21.7. The van der Waals surface area contributed by atoms with Crippen LogP contribution in [0.2, 0.25) is 0 Å². The van der Waals surface area contributed by atoms with Gasteiger partial charge in [-0.15, -0.1) is 34.2 Å². The number of hydrogen-bond donors (Lipinski definition) is 1. The van der Waals surface area contributed by atoms with E-state index in [4.69, 9.17) is 4.99 Å². The Morgan fingerprint density at radius 1 is 1.33 bits per heavy atom. The minimum absolute atomic E-state index is 0. The van der Waals surface area contributed by atoms with Crippen molar-refractivity contribution in [1.29, 1.82) is 0 Å². The molecule has 2 heterocycles. The van der Waals surface area contributed by atoms with E-state index < -0.39 is 14.6 Å². The molecule has 1 aliphatic rings. The molecule has 0 radical (unpaired) electrons. The van der Waals surface area contributed by atoms with E-state index in [-0.39, 0.29) is 29.7 Å². The number of halogens is 1. The Morgan fingerprint density at radius 3 is 2.60 bits per heavy atom. The van der Waals surface area contributed by atoms with Crippen LogP contribution in [0.25, 0.3) is 0 Å². The van der Waals surface area contributed by atoms with Gasteiger partial charge in [0, 0.05) is 39.1 Å². The van der Waals surface area contributed by atoms with E-state index in [0.717, 1.165) is 42.9 Å². The van der Waals surface area contributed by atoms with Crippen molar-refractivity contribution in [2.45, 2.75) is 63.9 Å². The van der Waals surface area contributed by atoms with Crippen LogP contribution >= 0.6 is 35.7 Å². The van der Waals surface area contributed by atoms with Crippen LogP contribution in [-0.2, 0) is 22.8 Å². The van der Waals surface area contributed by atoms with Gasteiger partial charge in [0.1, 0.15) is 5.82 Å². The van der Waals surface area contributed by atoms with Gasteiger partial charge in [-0.05, 0) is 39.4 Å². The predicted octanol–water partition coefficient (Wildman–Crippen LogP) is 2.68. The standard InChI is InChI=1S/C19H36N6O2S2.HI/c1-7-20-17(24-11-12-29(26,27)19(4,5)14-24)21-10-8-9-16-22-23-18(28-6)25(16)13-15(2)3;/h15H,7-14H2,1-6H3,(H,20,21);1H. The van der Waals surface area contributed by atoms with E-state index in [1.54, 1.807) is 25.6 Å². The summed E-state index contributed by atoms with van der Waals surface area (Å²) in [6, 6.07) is 0.